The predicted molar refractivity (Wildman–Crippen MR) is 211 cm³/mol. The normalized spacial score (nSPS) is 21.2. The molecular weight excluding hydrogens is 858 g/mol. The van der Waals surface area contributed by atoms with Crippen LogP contribution in [0.2, 0.25) is 0 Å². The molecule has 4 aromatic rings. The van der Waals surface area contributed by atoms with Gasteiger partial charge < -0.3 is 34.6 Å². The van der Waals surface area contributed by atoms with Crippen molar-refractivity contribution in [1.82, 2.24) is 9.80 Å². The van der Waals surface area contributed by atoms with Gasteiger partial charge in [0.05, 0.1) is 31.2 Å². The molecule has 298 valence electrons. The molecule has 2 saturated heterocycles. The average Bonchev–Trinajstić information content (AvgIpc) is 3.18. The molecule has 0 spiro atoms. The van der Waals surface area contributed by atoms with Crippen molar-refractivity contribution in [3.8, 4) is 0 Å². The summed E-state index contributed by atoms with van der Waals surface area (Å²) >= 11 is 6.80. The zero-order valence-corrected chi connectivity index (χ0v) is 34.1. The molecule has 10 nitrogen and oxygen atoms in total. The molecule has 5 atom stereocenters. The highest BCUT2D eigenvalue weighted by Crippen LogP contribution is 2.42. The molecule has 0 aliphatic carbocycles. The van der Waals surface area contributed by atoms with E-state index < -0.39 is 60.1 Å². The number of Topliss-reactive ketones (excluding diaryl/α,β-unsaturated/α-hetero) is 1. The third-order valence-corrected chi connectivity index (χ3v) is 11.4. The van der Waals surface area contributed by atoms with Gasteiger partial charge in [0.2, 0.25) is 0 Å². The fraction of sp³-hybridized carbons (Fsp3) is 0.357. The highest BCUT2D eigenvalue weighted by atomic mass is 79.9. The van der Waals surface area contributed by atoms with Crippen LogP contribution >= 0.6 is 31.9 Å². The summed E-state index contributed by atoms with van der Waals surface area (Å²) < 4.78 is 40.2. The van der Waals surface area contributed by atoms with Crippen LogP contribution in [0.3, 0.4) is 0 Å². The fourth-order valence-electron chi connectivity index (χ4n) is 7.11. The Balaban J connectivity index is 0.000000214. The number of aliphatic hydroxyl groups is 3. The molecule has 4 aromatic carbocycles. The van der Waals surface area contributed by atoms with Crippen LogP contribution in [-0.4, -0.2) is 75.5 Å². The van der Waals surface area contributed by atoms with Gasteiger partial charge in [0.25, 0.3) is 0 Å². The Bertz CT molecular complexity index is 1950. The minimum absolute atomic E-state index is 0.0430. The number of amides is 2. The molecule has 2 fully saturated rings. The quantitative estimate of drug-likeness (QED) is 0.129. The van der Waals surface area contributed by atoms with Crippen LogP contribution in [-0.2, 0) is 25.5 Å². The van der Waals surface area contributed by atoms with Crippen LogP contribution in [0, 0.1) is 11.6 Å². The Labute approximate surface area is 341 Å². The van der Waals surface area contributed by atoms with Crippen LogP contribution in [0.4, 0.5) is 18.4 Å². The maximum Gasteiger partial charge on any atom is 0.411 e. The standard InChI is InChI=1S/C21H23BrFNO4.C21H21BrFNO4/c2*1-14(15-2-6-17(22)7-3-15)24-11-10-21(28-20(24)27,12-19(26)13-25)16-4-8-18(23)9-5-16/h2-9,14,19,25-26H,10-13H2,1H3;2-9,14,25H,10-13H2,1H3/t14-,19?,21-;14-,21-/m00/s1. The second-order valence-corrected chi connectivity index (χ2v) is 15.8. The van der Waals surface area contributed by atoms with Gasteiger partial charge in [-0.25, -0.2) is 18.4 Å². The minimum atomic E-state index is -1.21. The number of hydrogen-bond donors (Lipinski definition) is 3. The van der Waals surface area contributed by atoms with Gasteiger partial charge in [0.1, 0.15) is 29.4 Å². The van der Waals surface area contributed by atoms with E-state index in [1.54, 1.807) is 21.9 Å². The van der Waals surface area contributed by atoms with Crippen molar-refractivity contribution in [1.29, 1.82) is 0 Å². The summed E-state index contributed by atoms with van der Waals surface area (Å²) in [6.45, 7) is 3.53. The molecule has 6 rings (SSSR count). The topological polar surface area (TPSA) is 137 Å². The molecule has 1 unspecified atom stereocenters. The first-order valence-electron chi connectivity index (χ1n) is 18.1. The van der Waals surface area contributed by atoms with Gasteiger partial charge in [-0.3, -0.25) is 4.79 Å². The van der Waals surface area contributed by atoms with Crippen molar-refractivity contribution in [2.45, 2.75) is 68.9 Å². The number of rotatable bonds is 12. The van der Waals surface area contributed by atoms with E-state index in [1.165, 1.54) is 36.4 Å². The highest BCUT2D eigenvalue weighted by Gasteiger charge is 2.46. The van der Waals surface area contributed by atoms with Crippen LogP contribution in [0.15, 0.2) is 106 Å². The summed E-state index contributed by atoms with van der Waals surface area (Å²) in [7, 11) is 0. The molecule has 0 saturated carbocycles. The number of ether oxygens (including phenoxy) is 2. The van der Waals surface area contributed by atoms with E-state index in [1.807, 2.05) is 62.4 Å². The zero-order valence-electron chi connectivity index (χ0n) is 30.9. The van der Waals surface area contributed by atoms with E-state index in [9.17, 15) is 38.5 Å². The van der Waals surface area contributed by atoms with Crippen molar-refractivity contribution < 1.29 is 48.0 Å². The van der Waals surface area contributed by atoms with Crippen molar-refractivity contribution in [3.63, 3.8) is 0 Å². The zero-order chi connectivity index (χ0) is 40.6. The van der Waals surface area contributed by atoms with Crippen molar-refractivity contribution >= 4 is 49.8 Å². The van der Waals surface area contributed by atoms with Gasteiger partial charge in [-0.2, -0.15) is 0 Å². The Morgan fingerprint density at radius 3 is 1.48 bits per heavy atom. The Morgan fingerprint density at radius 1 is 0.696 bits per heavy atom. The van der Waals surface area contributed by atoms with Crippen LogP contribution in [0.5, 0.6) is 0 Å². The van der Waals surface area contributed by atoms with E-state index >= 15 is 0 Å². The van der Waals surface area contributed by atoms with Crippen molar-refractivity contribution in [2.75, 3.05) is 26.3 Å². The number of carbonyl (C=O) groups is 3. The number of aliphatic hydroxyl groups excluding tert-OH is 3. The molecule has 2 aliphatic heterocycles. The van der Waals surface area contributed by atoms with E-state index in [0.29, 0.717) is 37.1 Å². The first-order chi connectivity index (χ1) is 26.7. The molecule has 2 heterocycles. The Morgan fingerprint density at radius 2 is 1.09 bits per heavy atom. The maximum absolute atomic E-state index is 13.4. The summed E-state index contributed by atoms with van der Waals surface area (Å²) in [5.41, 5.74) is 0.764. The lowest BCUT2D eigenvalue weighted by atomic mass is 9.83. The smallest absolute Gasteiger partial charge is 0.411 e. The van der Waals surface area contributed by atoms with Crippen LogP contribution < -0.4 is 0 Å². The first kappa shape index (κ1) is 42.9. The molecule has 0 bridgehead atoms. The maximum atomic E-state index is 13.4. The Kier molecular flexibility index (Phi) is 14.4. The van der Waals surface area contributed by atoms with Gasteiger partial charge in [-0.1, -0.05) is 80.4 Å². The van der Waals surface area contributed by atoms with E-state index in [4.69, 9.17) is 9.47 Å². The molecule has 2 amide bonds. The molecule has 2 aliphatic rings. The third-order valence-electron chi connectivity index (χ3n) is 10.4. The molecular formula is C42H44Br2F2N2O8. The molecule has 14 heteroatoms. The largest absolute Gasteiger partial charge is 0.438 e. The van der Waals surface area contributed by atoms with Gasteiger partial charge in [-0.05, 0) is 84.6 Å². The second kappa shape index (κ2) is 18.8. The molecule has 0 aromatic heterocycles. The predicted octanol–water partition coefficient (Wildman–Crippen LogP) is 8.47. The Hall–Kier alpha value is -4.21. The summed E-state index contributed by atoms with van der Waals surface area (Å²) in [5.74, 6) is -1.25. The van der Waals surface area contributed by atoms with Gasteiger partial charge >= 0.3 is 12.2 Å². The van der Waals surface area contributed by atoms with E-state index in [-0.39, 0.29) is 24.9 Å². The first-order valence-corrected chi connectivity index (χ1v) is 19.7. The summed E-state index contributed by atoms with van der Waals surface area (Å²) in [6.07, 6.45) is -1.43. The van der Waals surface area contributed by atoms with Crippen LogP contribution in [0.1, 0.15) is 73.9 Å². The minimum Gasteiger partial charge on any atom is -0.438 e. The van der Waals surface area contributed by atoms with Gasteiger partial charge in [0.15, 0.2) is 5.78 Å². The lowest BCUT2D eigenvalue weighted by Crippen LogP contribution is -2.50. The van der Waals surface area contributed by atoms with Crippen molar-refractivity contribution in [2.24, 2.45) is 0 Å². The van der Waals surface area contributed by atoms with E-state index in [2.05, 4.69) is 31.9 Å². The average molecular weight is 903 g/mol. The number of nitrogens with zero attached hydrogens (tertiary/aromatic N) is 2. The molecule has 0 radical (unpaired) electrons. The summed E-state index contributed by atoms with van der Waals surface area (Å²) in [6, 6.07) is 26.3. The lowest BCUT2D eigenvalue weighted by molar-refractivity contribution is -0.131. The van der Waals surface area contributed by atoms with Crippen LogP contribution in [0.25, 0.3) is 0 Å². The number of benzene rings is 4. The van der Waals surface area contributed by atoms with E-state index in [0.717, 1.165) is 20.1 Å². The van der Waals surface area contributed by atoms with Gasteiger partial charge in [0, 0.05) is 41.3 Å². The fourth-order valence-corrected chi connectivity index (χ4v) is 7.63. The van der Waals surface area contributed by atoms with Crippen molar-refractivity contribution in [3.05, 3.63) is 140 Å². The number of cyclic esters (lactones) is 2. The lowest BCUT2D eigenvalue weighted by Gasteiger charge is -2.44. The molecule has 3 N–H and O–H groups in total. The number of ketones is 1. The SMILES string of the molecule is C[C@@H](c1ccc(Br)cc1)N1CC[C@](CC(=O)CO)(c2ccc(F)cc2)OC1=O.C[C@@H](c1ccc(Br)cc1)N1CC[C@](CC(O)CO)(c2ccc(F)cc2)OC1=O. The molecule has 56 heavy (non-hydrogen) atoms. The summed E-state index contributed by atoms with van der Waals surface area (Å²) in [4.78, 5) is 40.9. The highest BCUT2D eigenvalue weighted by molar-refractivity contribution is 9.10. The number of hydrogen-bond acceptors (Lipinski definition) is 8. The monoisotopic (exact) mass is 900 g/mol. The third kappa shape index (κ3) is 10.2. The summed E-state index contributed by atoms with van der Waals surface area (Å²) in [5, 5.41) is 28.5. The second-order valence-electron chi connectivity index (χ2n) is 14.0. The number of halogens is 4. The number of carbonyl (C=O) groups excluding carboxylic acids is 3. The van der Waals surface area contributed by atoms with Gasteiger partial charge in [-0.15, -0.1) is 0 Å².